The first-order valence-electron chi connectivity index (χ1n) is 8.60. The largest absolute Gasteiger partial charge is 0.493 e. The number of thiophene rings is 1. The number of H-pyrrole nitrogens is 2. The molecule has 28 heavy (non-hydrogen) atoms. The van der Waals surface area contributed by atoms with Gasteiger partial charge >= 0.3 is 5.69 Å². The highest BCUT2D eigenvalue weighted by atomic mass is 79.9. The quantitative estimate of drug-likeness (QED) is 0.367. The second kappa shape index (κ2) is 8.12. The van der Waals surface area contributed by atoms with E-state index in [0.29, 0.717) is 24.7 Å². The molecule has 3 N–H and O–H groups in total. The van der Waals surface area contributed by atoms with Gasteiger partial charge < -0.3 is 24.8 Å². The molecule has 144 valence electrons. The van der Waals surface area contributed by atoms with E-state index in [2.05, 4.69) is 31.2 Å². The van der Waals surface area contributed by atoms with Crippen LogP contribution in [0.25, 0.3) is 11.0 Å². The number of hydrogen-bond acceptors (Lipinski definition) is 5. The lowest BCUT2D eigenvalue weighted by molar-refractivity contribution is 0.285. The van der Waals surface area contributed by atoms with Crippen molar-refractivity contribution in [1.29, 1.82) is 0 Å². The minimum atomic E-state index is -0.209. The predicted molar refractivity (Wildman–Crippen MR) is 116 cm³/mol. The van der Waals surface area contributed by atoms with Crippen molar-refractivity contribution < 1.29 is 9.47 Å². The van der Waals surface area contributed by atoms with Gasteiger partial charge in [-0.05, 0) is 63.3 Å². The van der Waals surface area contributed by atoms with Crippen LogP contribution in [0.2, 0.25) is 0 Å². The Kier molecular flexibility index (Phi) is 5.40. The molecule has 4 rings (SSSR count). The number of aromatic amines is 2. The van der Waals surface area contributed by atoms with Crippen LogP contribution >= 0.6 is 27.3 Å². The van der Waals surface area contributed by atoms with Gasteiger partial charge in [-0.25, -0.2) is 4.79 Å². The van der Waals surface area contributed by atoms with Crippen molar-refractivity contribution in [1.82, 2.24) is 9.97 Å². The molecular formula is C20H18BrN3O3S. The number of methoxy groups -OCH3 is 1. The van der Waals surface area contributed by atoms with Crippen molar-refractivity contribution in [3.8, 4) is 11.5 Å². The lowest BCUT2D eigenvalue weighted by atomic mass is 10.2. The van der Waals surface area contributed by atoms with Gasteiger partial charge in [0.1, 0.15) is 6.61 Å². The number of imidazole rings is 1. The molecule has 0 bridgehead atoms. The molecule has 2 aromatic heterocycles. The number of rotatable bonds is 7. The van der Waals surface area contributed by atoms with Crippen LogP contribution in [-0.4, -0.2) is 17.1 Å². The number of fused-ring (bicyclic) bond motifs is 1. The Morgan fingerprint density at radius 3 is 2.79 bits per heavy atom. The molecule has 0 unspecified atom stereocenters. The van der Waals surface area contributed by atoms with Crippen LogP contribution in [0.15, 0.2) is 57.1 Å². The maximum atomic E-state index is 11.4. The molecule has 0 aliphatic carbocycles. The Hall–Kier alpha value is -2.71. The van der Waals surface area contributed by atoms with Gasteiger partial charge in [-0.3, -0.25) is 0 Å². The van der Waals surface area contributed by atoms with Crippen LogP contribution in [0.3, 0.4) is 0 Å². The van der Waals surface area contributed by atoms with Gasteiger partial charge in [0.25, 0.3) is 0 Å². The second-order valence-electron chi connectivity index (χ2n) is 6.17. The average Bonchev–Trinajstić information content (AvgIpc) is 3.33. The fourth-order valence-corrected chi connectivity index (χ4v) is 4.12. The summed E-state index contributed by atoms with van der Waals surface area (Å²) in [5.74, 6) is 1.36. The van der Waals surface area contributed by atoms with E-state index in [1.54, 1.807) is 18.4 Å². The number of benzene rings is 2. The van der Waals surface area contributed by atoms with Crippen LogP contribution in [0.1, 0.15) is 10.4 Å². The molecule has 0 atom stereocenters. The van der Waals surface area contributed by atoms with E-state index < -0.39 is 0 Å². The summed E-state index contributed by atoms with van der Waals surface area (Å²) in [6.07, 6.45) is 0. The third-order valence-electron chi connectivity index (χ3n) is 4.24. The Balaban J connectivity index is 1.49. The van der Waals surface area contributed by atoms with E-state index in [1.807, 2.05) is 47.8 Å². The number of aromatic nitrogens is 2. The van der Waals surface area contributed by atoms with Gasteiger partial charge in [-0.2, -0.15) is 0 Å². The van der Waals surface area contributed by atoms with E-state index >= 15 is 0 Å². The van der Waals surface area contributed by atoms with Gasteiger partial charge in [0.2, 0.25) is 0 Å². The summed E-state index contributed by atoms with van der Waals surface area (Å²) in [7, 11) is 1.63. The highest BCUT2D eigenvalue weighted by Crippen LogP contribution is 2.37. The Morgan fingerprint density at radius 2 is 2.00 bits per heavy atom. The number of hydrogen-bond donors (Lipinski definition) is 3. The van der Waals surface area contributed by atoms with Gasteiger partial charge in [0.15, 0.2) is 11.5 Å². The maximum Gasteiger partial charge on any atom is 0.323 e. The van der Waals surface area contributed by atoms with Crippen molar-refractivity contribution in [3.05, 3.63) is 73.2 Å². The van der Waals surface area contributed by atoms with E-state index in [9.17, 15) is 4.79 Å². The second-order valence-corrected chi connectivity index (χ2v) is 8.06. The van der Waals surface area contributed by atoms with Crippen LogP contribution in [-0.2, 0) is 13.2 Å². The number of ether oxygens (including phenoxy) is 2. The minimum absolute atomic E-state index is 0.209. The van der Waals surface area contributed by atoms with Gasteiger partial charge in [-0.1, -0.05) is 6.07 Å². The molecule has 0 spiro atoms. The lowest BCUT2D eigenvalue weighted by Crippen LogP contribution is -2.02. The Labute approximate surface area is 173 Å². The van der Waals surface area contributed by atoms with Gasteiger partial charge in [0, 0.05) is 17.1 Å². The molecule has 0 fully saturated rings. The summed E-state index contributed by atoms with van der Waals surface area (Å²) >= 11 is 5.25. The summed E-state index contributed by atoms with van der Waals surface area (Å²) in [5, 5.41) is 5.39. The van der Waals surface area contributed by atoms with Crippen molar-refractivity contribution in [2.24, 2.45) is 0 Å². The zero-order chi connectivity index (χ0) is 19.5. The van der Waals surface area contributed by atoms with Crippen molar-refractivity contribution >= 4 is 44.0 Å². The highest BCUT2D eigenvalue weighted by Gasteiger charge is 2.12. The SMILES string of the molecule is COc1cc(CNc2ccc3[nH]c(=O)[nH]c3c2)cc(Br)c1OCc1cccs1. The first-order chi connectivity index (χ1) is 13.6. The van der Waals surface area contributed by atoms with E-state index in [4.69, 9.17) is 9.47 Å². The fraction of sp³-hybridized carbons (Fsp3) is 0.150. The molecule has 2 heterocycles. The molecule has 2 aromatic carbocycles. The van der Waals surface area contributed by atoms with Crippen LogP contribution in [0.4, 0.5) is 5.69 Å². The Bertz CT molecular complexity index is 1150. The topological polar surface area (TPSA) is 79.1 Å². The number of nitrogens with one attached hydrogen (secondary N) is 3. The molecule has 8 heteroatoms. The standard InChI is InChI=1S/C20H18BrN3O3S/c1-26-18-8-12(7-15(21)19(18)27-11-14-3-2-6-28-14)10-22-13-4-5-16-17(9-13)24-20(25)23-16/h2-9,22H,10-11H2,1H3,(H2,23,24,25). The smallest absolute Gasteiger partial charge is 0.323 e. The average molecular weight is 460 g/mol. The third-order valence-corrected chi connectivity index (χ3v) is 5.68. The van der Waals surface area contributed by atoms with E-state index in [0.717, 1.165) is 31.6 Å². The van der Waals surface area contributed by atoms with Crippen molar-refractivity contribution in [2.75, 3.05) is 12.4 Å². The molecule has 0 radical (unpaired) electrons. The summed E-state index contributed by atoms with van der Waals surface area (Å²) in [6, 6.07) is 13.7. The van der Waals surface area contributed by atoms with E-state index in [-0.39, 0.29) is 5.69 Å². The van der Waals surface area contributed by atoms with Crippen LogP contribution in [0, 0.1) is 0 Å². The highest BCUT2D eigenvalue weighted by molar-refractivity contribution is 9.10. The molecule has 0 saturated heterocycles. The van der Waals surface area contributed by atoms with Gasteiger partial charge in [-0.15, -0.1) is 11.3 Å². The predicted octanol–water partition coefficient (Wildman–Crippen LogP) is 4.88. The van der Waals surface area contributed by atoms with Crippen molar-refractivity contribution in [3.63, 3.8) is 0 Å². The maximum absolute atomic E-state index is 11.4. The van der Waals surface area contributed by atoms with Gasteiger partial charge in [0.05, 0.1) is 22.6 Å². The van der Waals surface area contributed by atoms with Crippen molar-refractivity contribution in [2.45, 2.75) is 13.2 Å². The summed E-state index contributed by atoms with van der Waals surface area (Å²) in [6.45, 7) is 1.10. The monoisotopic (exact) mass is 459 g/mol. The fourth-order valence-electron chi connectivity index (χ4n) is 2.90. The molecule has 0 amide bonds. The summed E-state index contributed by atoms with van der Waals surface area (Å²) < 4.78 is 12.3. The molecule has 4 aromatic rings. The van der Waals surface area contributed by atoms with Crippen LogP contribution in [0.5, 0.6) is 11.5 Å². The third kappa shape index (κ3) is 4.07. The summed E-state index contributed by atoms with van der Waals surface area (Å²) in [4.78, 5) is 18.0. The molecular weight excluding hydrogens is 442 g/mol. The normalized spacial score (nSPS) is 10.9. The molecule has 0 saturated carbocycles. The molecule has 0 aliphatic heterocycles. The first kappa shape index (κ1) is 18.6. The zero-order valence-corrected chi connectivity index (χ0v) is 17.4. The minimum Gasteiger partial charge on any atom is -0.493 e. The Morgan fingerprint density at radius 1 is 1.14 bits per heavy atom. The number of anilines is 1. The molecule has 0 aliphatic rings. The van der Waals surface area contributed by atoms with E-state index in [1.165, 1.54) is 0 Å². The van der Waals surface area contributed by atoms with Crippen LogP contribution < -0.4 is 20.5 Å². The first-order valence-corrected chi connectivity index (χ1v) is 10.3. The lowest BCUT2D eigenvalue weighted by Gasteiger charge is -2.15. The molecule has 6 nitrogen and oxygen atoms in total. The zero-order valence-electron chi connectivity index (χ0n) is 15.0. The summed E-state index contributed by atoms with van der Waals surface area (Å²) in [5.41, 5.74) is 3.29. The number of halogens is 1.